The number of ether oxygens (including phenoxy) is 2. The Hall–Kier alpha value is -4.66. The Labute approximate surface area is 214 Å². The van der Waals surface area contributed by atoms with Crippen molar-refractivity contribution in [1.29, 1.82) is 0 Å². The topological polar surface area (TPSA) is 95.6 Å². The number of fused-ring (bicyclic) bond motifs is 1. The van der Waals surface area contributed by atoms with Gasteiger partial charge < -0.3 is 19.2 Å². The molecule has 0 atom stereocenters. The molecule has 0 bridgehead atoms. The summed E-state index contributed by atoms with van der Waals surface area (Å²) in [6.07, 6.45) is 3.84. The van der Waals surface area contributed by atoms with E-state index in [1.165, 1.54) is 0 Å². The van der Waals surface area contributed by atoms with Crippen molar-refractivity contribution in [3.63, 3.8) is 0 Å². The molecule has 188 valence electrons. The van der Waals surface area contributed by atoms with Gasteiger partial charge >= 0.3 is 0 Å². The molecule has 5 rings (SSSR count). The summed E-state index contributed by atoms with van der Waals surface area (Å²) in [4.78, 5) is 22.0. The third kappa shape index (κ3) is 5.02. The number of carbonyl (C=O) groups excluding carboxylic acids is 1. The number of hydrogen-bond acceptors (Lipinski definition) is 6. The maximum atomic E-state index is 13.0. The van der Waals surface area contributed by atoms with Crippen LogP contribution in [0.4, 0.5) is 5.69 Å². The summed E-state index contributed by atoms with van der Waals surface area (Å²) in [5, 5.41) is 7.37. The average Bonchev–Trinajstić information content (AvgIpc) is 3.50. The summed E-state index contributed by atoms with van der Waals surface area (Å²) < 4.78 is 15.1. The molecule has 0 aliphatic carbocycles. The Balaban J connectivity index is 1.34. The largest absolute Gasteiger partial charge is 0.493 e. The van der Waals surface area contributed by atoms with E-state index >= 15 is 0 Å². The lowest BCUT2D eigenvalue weighted by molar-refractivity contribution is 0.101. The number of aryl methyl sites for hydroxylation is 1. The number of pyridine rings is 1. The molecular weight excluding hydrogens is 468 g/mol. The van der Waals surface area contributed by atoms with E-state index in [0.29, 0.717) is 28.9 Å². The molecule has 0 radical (unpaired) electrons. The number of aromatic nitrogens is 5. The molecule has 2 aromatic carbocycles. The van der Waals surface area contributed by atoms with E-state index in [1.54, 1.807) is 30.0 Å². The van der Waals surface area contributed by atoms with Gasteiger partial charge in [-0.25, -0.2) is 14.6 Å². The van der Waals surface area contributed by atoms with Crippen molar-refractivity contribution in [3.05, 3.63) is 96.0 Å². The third-order valence-electron chi connectivity index (χ3n) is 5.97. The van der Waals surface area contributed by atoms with Crippen LogP contribution < -0.4 is 14.8 Å². The molecule has 9 nitrogen and oxygen atoms in total. The summed E-state index contributed by atoms with van der Waals surface area (Å²) in [5.41, 5.74) is 4.19. The van der Waals surface area contributed by atoms with Crippen molar-refractivity contribution in [2.75, 3.05) is 12.4 Å². The monoisotopic (exact) mass is 496 g/mol. The van der Waals surface area contributed by atoms with Gasteiger partial charge in [-0.1, -0.05) is 38.1 Å². The standard InChI is InChI=1S/C28H28N6O3/c1-18(2)22-9-5-6-10-23(22)34-19(3)29-27(32-34)28(35)31-20-12-13-24(36-4)25(15-20)37-17-21-16-33-14-8-7-11-26(33)30-21/h5-16,18H,17H2,1-4H3,(H,31,35). The molecular formula is C28H28N6O3. The molecule has 1 N–H and O–H groups in total. The number of benzene rings is 2. The van der Waals surface area contributed by atoms with Crippen LogP contribution in [0.5, 0.6) is 11.5 Å². The van der Waals surface area contributed by atoms with Crippen LogP contribution in [0.3, 0.4) is 0 Å². The smallest absolute Gasteiger partial charge is 0.295 e. The first-order valence-electron chi connectivity index (χ1n) is 12.0. The second kappa shape index (κ2) is 10.1. The lowest BCUT2D eigenvalue weighted by Crippen LogP contribution is -2.14. The van der Waals surface area contributed by atoms with Crippen LogP contribution in [0.2, 0.25) is 0 Å². The highest BCUT2D eigenvalue weighted by Gasteiger charge is 2.18. The maximum absolute atomic E-state index is 13.0. The minimum Gasteiger partial charge on any atom is -0.493 e. The van der Waals surface area contributed by atoms with E-state index in [9.17, 15) is 4.79 Å². The first kappa shape index (κ1) is 24.1. The second-order valence-electron chi connectivity index (χ2n) is 8.91. The van der Waals surface area contributed by atoms with Crippen LogP contribution in [-0.4, -0.2) is 37.2 Å². The molecule has 37 heavy (non-hydrogen) atoms. The molecule has 3 aromatic heterocycles. The van der Waals surface area contributed by atoms with Crippen LogP contribution in [-0.2, 0) is 6.61 Å². The number of nitrogens with one attached hydrogen (secondary N) is 1. The SMILES string of the molecule is COc1ccc(NC(=O)c2nc(C)n(-c3ccccc3C(C)C)n2)cc1OCc1cn2ccccc2n1. The Bertz CT molecular complexity index is 1540. The van der Waals surface area contributed by atoms with Crippen molar-refractivity contribution < 1.29 is 14.3 Å². The summed E-state index contributed by atoms with van der Waals surface area (Å²) in [7, 11) is 1.57. The highest BCUT2D eigenvalue weighted by Crippen LogP contribution is 2.31. The molecule has 5 aromatic rings. The van der Waals surface area contributed by atoms with Crippen LogP contribution in [0.25, 0.3) is 11.3 Å². The molecule has 1 amide bonds. The Morgan fingerprint density at radius 3 is 2.62 bits per heavy atom. The molecule has 0 aliphatic heterocycles. The van der Waals surface area contributed by atoms with E-state index in [4.69, 9.17) is 9.47 Å². The number of hydrogen-bond donors (Lipinski definition) is 1. The summed E-state index contributed by atoms with van der Waals surface area (Å²) in [6, 6.07) is 19.0. The lowest BCUT2D eigenvalue weighted by atomic mass is 10.0. The quantitative estimate of drug-likeness (QED) is 0.318. The van der Waals surface area contributed by atoms with Crippen molar-refractivity contribution in [1.82, 2.24) is 24.1 Å². The van der Waals surface area contributed by atoms with Crippen molar-refractivity contribution >= 4 is 17.2 Å². The fraction of sp³-hybridized carbons (Fsp3) is 0.214. The Morgan fingerprint density at radius 2 is 1.84 bits per heavy atom. The van der Waals surface area contributed by atoms with Gasteiger partial charge in [-0.05, 0) is 48.7 Å². The fourth-order valence-corrected chi connectivity index (χ4v) is 4.15. The highest BCUT2D eigenvalue weighted by molar-refractivity contribution is 6.01. The molecule has 0 saturated heterocycles. The molecule has 9 heteroatoms. The summed E-state index contributed by atoms with van der Waals surface area (Å²) in [5.74, 6) is 1.63. The van der Waals surface area contributed by atoms with Crippen LogP contribution in [0.15, 0.2) is 73.1 Å². The van der Waals surface area contributed by atoms with Gasteiger partial charge in [0.15, 0.2) is 11.5 Å². The molecule has 0 unspecified atom stereocenters. The van der Waals surface area contributed by atoms with Crippen molar-refractivity contribution in [2.24, 2.45) is 0 Å². The van der Waals surface area contributed by atoms with Crippen molar-refractivity contribution in [3.8, 4) is 17.2 Å². The van der Waals surface area contributed by atoms with Gasteiger partial charge in [0.05, 0.1) is 18.5 Å². The number of carbonyl (C=O) groups is 1. The molecule has 0 fully saturated rings. The second-order valence-corrected chi connectivity index (χ2v) is 8.91. The van der Waals surface area contributed by atoms with Gasteiger partial charge in [0.1, 0.15) is 18.1 Å². The van der Waals surface area contributed by atoms with Gasteiger partial charge in [0, 0.05) is 24.1 Å². The van der Waals surface area contributed by atoms with Crippen LogP contribution >= 0.6 is 0 Å². The number of imidazole rings is 1. The van der Waals surface area contributed by atoms with E-state index < -0.39 is 5.91 Å². The zero-order valence-electron chi connectivity index (χ0n) is 21.2. The first-order chi connectivity index (χ1) is 17.9. The zero-order chi connectivity index (χ0) is 25.9. The number of anilines is 1. The van der Waals surface area contributed by atoms with Gasteiger partial charge in [0.2, 0.25) is 5.82 Å². The molecule has 0 saturated carbocycles. The van der Waals surface area contributed by atoms with E-state index in [1.807, 2.05) is 60.1 Å². The molecule has 0 aliphatic rings. The summed E-state index contributed by atoms with van der Waals surface area (Å²) >= 11 is 0. The Kier molecular flexibility index (Phi) is 6.59. The van der Waals surface area contributed by atoms with E-state index in [2.05, 4.69) is 40.3 Å². The first-order valence-corrected chi connectivity index (χ1v) is 12.0. The Morgan fingerprint density at radius 1 is 1.03 bits per heavy atom. The van der Waals surface area contributed by atoms with Crippen molar-refractivity contribution in [2.45, 2.75) is 33.3 Å². The van der Waals surface area contributed by atoms with Gasteiger partial charge in [-0.15, -0.1) is 5.10 Å². The number of nitrogens with zero attached hydrogens (tertiary/aromatic N) is 5. The minimum absolute atomic E-state index is 0.0825. The van der Waals surface area contributed by atoms with Crippen LogP contribution in [0.1, 0.15) is 47.5 Å². The van der Waals surface area contributed by atoms with Crippen LogP contribution in [0, 0.1) is 6.92 Å². The summed E-state index contributed by atoms with van der Waals surface area (Å²) in [6.45, 7) is 6.32. The number of para-hydroxylation sites is 1. The molecule has 3 heterocycles. The van der Waals surface area contributed by atoms with Gasteiger partial charge in [0.25, 0.3) is 5.91 Å². The predicted octanol–water partition coefficient (Wildman–Crippen LogP) is 5.19. The average molecular weight is 497 g/mol. The fourth-order valence-electron chi connectivity index (χ4n) is 4.15. The molecule has 0 spiro atoms. The third-order valence-corrected chi connectivity index (χ3v) is 5.97. The zero-order valence-corrected chi connectivity index (χ0v) is 21.2. The maximum Gasteiger partial charge on any atom is 0.295 e. The van der Waals surface area contributed by atoms with E-state index in [0.717, 1.165) is 22.6 Å². The normalized spacial score (nSPS) is 11.2. The van der Waals surface area contributed by atoms with Gasteiger partial charge in [-0.3, -0.25) is 4.79 Å². The highest BCUT2D eigenvalue weighted by atomic mass is 16.5. The number of rotatable bonds is 8. The lowest BCUT2D eigenvalue weighted by Gasteiger charge is -2.13. The van der Waals surface area contributed by atoms with Gasteiger partial charge in [-0.2, -0.15) is 0 Å². The minimum atomic E-state index is -0.416. The van der Waals surface area contributed by atoms with E-state index in [-0.39, 0.29) is 12.4 Å². The number of methoxy groups -OCH3 is 1. The number of amides is 1. The predicted molar refractivity (Wildman–Crippen MR) is 141 cm³/mol.